The summed E-state index contributed by atoms with van der Waals surface area (Å²) < 4.78 is 32.5. The van der Waals surface area contributed by atoms with Crippen LogP contribution in [0.25, 0.3) is 6.08 Å². The smallest absolute Gasteiger partial charge is 0.769 e. The summed E-state index contributed by atoms with van der Waals surface area (Å²) in [5.74, 6) is -0.338. The number of hydrogen-bond donors (Lipinski definition) is 0. The fraction of sp³-hybridized carbons (Fsp3) is 0. The number of halogens is 1. The molecule has 0 aliphatic carbocycles. The molecule has 0 heterocycles. The first-order valence-corrected chi connectivity index (χ1v) is 4.34. The first kappa shape index (κ1) is 13.0. The minimum Gasteiger partial charge on any atom is -0.769 e. The van der Waals surface area contributed by atoms with Crippen molar-refractivity contribution in [3.63, 3.8) is 0 Å². The normalized spacial score (nSPS) is 12.5. The molecule has 0 radical (unpaired) electrons. The largest absolute Gasteiger partial charge is 1.00 e. The zero-order valence-corrected chi connectivity index (χ0v) is 9.88. The van der Waals surface area contributed by atoms with E-state index < -0.39 is 11.1 Å². The molecule has 1 rings (SSSR count). The van der Waals surface area contributed by atoms with Crippen LogP contribution in [0, 0.1) is 5.82 Å². The summed E-state index contributed by atoms with van der Waals surface area (Å²) in [4.78, 5) is 0. The molecule has 0 spiro atoms. The molecule has 1 atom stereocenters. The van der Waals surface area contributed by atoms with Crippen LogP contribution in [0.5, 0.6) is 0 Å². The van der Waals surface area contributed by atoms with E-state index in [-0.39, 0.29) is 35.4 Å². The standard InChI is InChI=1S/C8H7FO2S.Na/c9-8-3-1-7(2-4-8)5-6-12(10)11;/h1-6H,(H,10,11);/q;+1/p-1/b6-5+;. The van der Waals surface area contributed by atoms with Gasteiger partial charge in [-0.1, -0.05) is 12.1 Å². The van der Waals surface area contributed by atoms with E-state index in [1.807, 2.05) is 0 Å². The topological polar surface area (TPSA) is 40.1 Å². The van der Waals surface area contributed by atoms with Crippen LogP contribution in [0.3, 0.4) is 0 Å². The van der Waals surface area contributed by atoms with Crippen LogP contribution >= 0.6 is 0 Å². The van der Waals surface area contributed by atoms with E-state index in [1.165, 1.54) is 30.3 Å². The molecule has 5 heteroatoms. The molecule has 2 nitrogen and oxygen atoms in total. The Morgan fingerprint density at radius 2 is 1.85 bits per heavy atom. The minimum absolute atomic E-state index is 0. The third kappa shape index (κ3) is 5.33. The summed E-state index contributed by atoms with van der Waals surface area (Å²) in [6.07, 6.45) is 1.39. The summed E-state index contributed by atoms with van der Waals surface area (Å²) in [5, 5.41) is 1.01. The van der Waals surface area contributed by atoms with Gasteiger partial charge in [0.25, 0.3) is 0 Å². The van der Waals surface area contributed by atoms with E-state index in [4.69, 9.17) is 0 Å². The van der Waals surface area contributed by atoms with Gasteiger partial charge in [0.1, 0.15) is 5.82 Å². The van der Waals surface area contributed by atoms with Crippen molar-refractivity contribution in [3.05, 3.63) is 41.1 Å². The Kier molecular flexibility index (Phi) is 6.45. The van der Waals surface area contributed by atoms with E-state index in [0.29, 0.717) is 5.56 Å². The van der Waals surface area contributed by atoms with Crippen molar-refractivity contribution in [2.75, 3.05) is 0 Å². The SMILES string of the molecule is O=S([O-])/C=C/c1ccc(F)cc1.[Na+]. The predicted molar refractivity (Wildman–Crippen MR) is 44.4 cm³/mol. The maximum Gasteiger partial charge on any atom is 1.00 e. The molecule has 0 aliphatic rings. The maximum atomic E-state index is 12.3. The van der Waals surface area contributed by atoms with Crippen LogP contribution < -0.4 is 29.6 Å². The maximum absolute atomic E-state index is 12.3. The van der Waals surface area contributed by atoms with Gasteiger partial charge in [-0.15, -0.1) is 0 Å². The number of benzene rings is 1. The summed E-state index contributed by atoms with van der Waals surface area (Å²) >= 11 is -2.20. The molecule has 0 saturated heterocycles. The molecule has 1 aromatic rings. The van der Waals surface area contributed by atoms with Gasteiger partial charge in [-0.3, -0.25) is 4.21 Å². The fourth-order valence-electron chi connectivity index (χ4n) is 0.708. The van der Waals surface area contributed by atoms with Gasteiger partial charge >= 0.3 is 29.6 Å². The Bertz CT molecular complexity index is 310. The molecular formula is C8H6FNaO2S. The summed E-state index contributed by atoms with van der Waals surface area (Å²) in [6, 6.07) is 5.54. The molecule has 0 amide bonds. The monoisotopic (exact) mass is 208 g/mol. The van der Waals surface area contributed by atoms with Gasteiger partial charge in [0.2, 0.25) is 0 Å². The van der Waals surface area contributed by atoms with Crippen LogP contribution in [0.4, 0.5) is 4.39 Å². The van der Waals surface area contributed by atoms with Gasteiger partial charge in [-0.05, 0) is 40.3 Å². The van der Waals surface area contributed by atoms with Gasteiger partial charge < -0.3 is 4.55 Å². The second-order valence-corrected chi connectivity index (χ2v) is 2.91. The van der Waals surface area contributed by atoms with Gasteiger partial charge in [0.05, 0.1) is 0 Å². The van der Waals surface area contributed by atoms with Crippen molar-refractivity contribution in [1.82, 2.24) is 0 Å². The zero-order valence-electron chi connectivity index (χ0n) is 7.07. The average Bonchev–Trinajstić information content (AvgIpc) is 2.03. The Morgan fingerprint density at radius 3 is 2.31 bits per heavy atom. The van der Waals surface area contributed by atoms with E-state index in [2.05, 4.69) is 0 Å². The Labute approximate surface area is 100 Å². The molecule has 1 unspecified atom stereocenters. The van der Waals surface area contributed by atoms with Crippen LogP contribution in [0.2, 0.25) is 0 Å². The van der Waals surface area contributed by atoms with Crippen molar-refractivity contribution in [2.24, 2.45) is 0 Å². The van der Waals surface area contributed by atoms with Crippen LogP contribution in [-0.4, -0.2) is 8.76 Å². The molecule has 64 valence electrons. The Morgan fingerprint density at radius 1 is 1.31 bits per heavy atom. The molecule has 1 aromatic carbocycles. The average molecular weight is 208 g/mol. The third-order valence-electron chi connectivity index (χ3n) is 1.24. The van der Waals surface area contributed by atoms with Gasteiger partial charge in [-0.2, -0.15) is 0 Å². The van der Waals surface area contributed by atoms with Crippen molar-refractivity contribution >= 4 is 17.2 Å². The first-order valence-electron chi connectivity index (χ1n) is 3.20. The van der Waals surface area contributed by atoms with Gasteiger partial charge in [0.15, 0.2) is 0 Å². The molecule has 0 bridgehead atoms. The molecule has 13 heavy (non-hydrogen) atoms. The van der Waals surface area contributed by atoms with Crippen LogP contribution in [-0.2, 0) is 11.1 Å². The van der Waals surface area contributed by atoms with Crippen molar-refractivity contribution in [1.29, 1.82) is 0 Å². The fourth-order valence-corrected chi connectivity index (χ4v) is 0.976. The molecule has 0 aliphatic heterocycles. The predicted octanol–water partition coefficient (Wildman–Crippen LogP) is -1.32. The zero-order chi connectivity index (χ0) is 8.97. The van der Waals surface area contributed by atoms with E-state index in [1.54, 1.807) is 0 Å². The Balaban J connectivity index is 0.00000144. The second kappa shape index (κ2) is 6.45. The molecule has 0 fully saturated rings. The Hall–Kier alpha value is 0. The quantitative estimate of drug-likeness (QED) is 0.447. The second-order valence-electron chi connectivity index (χ2n) is 2.11. The summed E-state index contributed by atoms with van der Waals surface area (Å²) in [5.41, 5.74) is 0.653. The van der Waals surface area contributed by atoms with Crippen LogP contribution in [0.1, 0.15) is 5.56 Å². The van der Waals surface area contributed by atoms with E-state index in [0.717, 1.165) is 5.41 Å². The molecule has 0 N–H and O–H groups in total. The van der Waals surface area contributed by atoms with Gasteiger partial charge in [-0.25, -0.2) is 4.39 Å². The molecule has 0 aromatic heterocycles. The van der Waals surface area contributed by atoms with Crippen molar-refractivity contribution in [2.45, 2.75) is 0 Å². The van der Waals surface area contributed by atoms with E-state index >= 15 is 0 Å². The van der Waals surface area contributed by atoms with E-state index in [9.17, 15) is 13.2 Å². The summed E-state index contributed by atoms with van der Waals surface area (Å²) in [7, 11) is 0. The number of hydrogen-bond acceptors (Lipinski definition) is 2. The summed E-state index contributed by atoms with van der Waals surface area (Å²) in [6.45, 7) is 0. The molecule has 0 saturated carbocycles. The third-order valence-corrected chi connectivity index (χ3v) is 1.60. The van der Waals surface area contributed by atoms with Crippen molar-refractivity contribution in [3.8, 4) is 0 Å². The number of rotatable bonds is 2. The first-order chi connectivity index (χ1) is 5.68. The molecular weight excluding hydrogens is 202 g/mol. The van der Waals surface area contributed by atoms with Crippen molar-refractivity contribution < 1.29 is 42.7 Å². The minimum atomic E-state index is -2.20. The van der Waals surface area contributed by atoms with Gasteiger partial charge in [0, 0.05) is 0 Å². The van der Waals surface area contributed by atoms with Crippen LogP contribution in [0.15, 0.2) is 29.7 Å².